The highest BCUT2D eigenvalue weighted by molar-refractivity contribution is 6.49. The van der Waals surface area contributed by atoms with Crippen molar-refractivity contribution in [1.82, 2.24) is 0 Å². The van der Waals surface area contributed by atoms with E-state index in [1.165, 1.54) is 37.8 Å². The lowest BCUT2D eigenvalue weighted by atomic mass is 10.2. The number of benzene rings is 1. The van der Waals surface area contributed by atoms with Crippen molar-refractivity contribution in [2.45, 2.75) is 25.7 Å². The topological polar surface area (TPSA) is 95.2 Å². The number of hydrogen-bond donors (Lipinski definition) is 0. The molecule has 0 aromatic heterocycles. The van der Waals surface area contributed by atoms with Crippen LogP contribution in [0.5, 0.6) is 0 Å². The molecule has 2 rings (SSSR count). The second kappa shape index (κ2) is 9.97. The molecule has 0 aliphatic carbocycles. The van der Waals surface area contributed by atoms with Gasteiger partial charge in [-0.2, -0.15) is 0 Å². The van der Waals surface area contributed by atoms with Gasteiger partial charge < -0.3 is 0 Å². The molecule has 1 aliphatic rings. The summed E-state index contributed by atoms with van der Waals surface area (Å²) in [7, 11) is -4.94. The summed E-state index contributed by atoms with van der Waals surface area (Å²) in [4.78, 5) is 0. The minimum Gasteiger partial charge on any atom is -0.236 e. The SMILES string of the molecule is Fc1ccc(/C(Cl)=C/C=[N+]2CCCCCC2)cc1.[O-][Cl+3]([O-])([O-])[O-]. The van der Waals surface area contributed by atoms with Gasteiger partial charge in [-0.25, -0.2) is 27.6 Å². The highest BCUT2D eigenvalue weighted by Gasteiger charge is 2.08. The molecule has 0 N–H and O–H groups in total. The molecule has 0 spiro atoms. The molecule has 0 amide bonds. The van der Waals surface area contributed by atoms with E-state index in [2.05, 4.69) is 10.8 Å². The maximum atomic E-state index is 12.8. The molecule has 0 atom stereocenters. The summed E-state index contributed by atoms with van der Waals surface area (Å²) in [6.07, 6.45) is 9.09. The number of nitrogens with zero attached hydrogens (tertiary/aromatic N) is 1. The van der Waals surface area contributed by atoms with E-state index in [1.54, 1.807) is 12.1 Å². The van der Waals surface area contributed by atoms with Crippen LogP contribution >= 0.6 is 11.6 Å². The Morgan fingerprint density at radius 1 is 1.00 bits per heavy atom. The van der Waals surface area contributed by atoms with E-state index in [9.17, 15) is 4.39 Å². The quantitative estimate of drug-likeness (QED) is 0.647. The molecular formula is C15H18Cl2FNO4. The maximum absolute atomic E-state index is 12.8. The molecule has 1 heterocycles. The largest absolute Gasteiger partial charge is 0.236 e. The van der Waals surface area contributed by atoms with E-state index >= 15 is 0 Å². The Morgan fingerprint density at radius 2 is 1.48 bits per heavy atom. The molecule has 8 heteroatoms. The molecule has 0 saturated carbocycles. The van der Waals surface area contributed by atoms with Crippen LogP contribution in [0, 0.1) is 16.1 Å². The summed E-state index contributed by atoms with van der Waals surface area (Å²) in [5, 5.41) is 0.652. The van der Waals surface area contributed by atoms with Gasteiger partial charge in [0.05, 0.1) is 5.03 Å². The molecule has 0 bridgehead atoms. The Kier molecular flexibility index (Phi) is 8.68. The summed E-state index contributed by atoms with van der Waals surface area (Å²) < 4.78 is 49.1. The van der Waals surface area contributed by atoms with E-state index in [-0.39, 0.29) is 5.82 Å². The van der Waals surface area contributed by atoms with Crippen LogP contribution < -0.4 is 18.6 Å². The van der Waals surface area contributed by atoms with Crippen LogP contribution in [-0.4, -0.2) is 23.9 Å². The van der Waals surface area contributed by atoms with Crippen molar-refractivity contribution in [3.05, 3.63) is 41.7 Å². The average Bonchev–Trinajstić information content (AvgIpc) is 2.72. The zero-order valence-corrected chi connectivity index (χ0v) is 13.9. The van der Waals surface area contributed by atoms with Crippen LogP contribution in [0.15, 0.2) is 30.3 Å². The molecule has 1 aromatic rings. The number of rotatable bonds is 2. The standard InChI is InChI=1S/C15H18ClFN.ClHO4/c16-15(13-5-7-14(17)8-6-13)9-12-18-10-3-1-2-4-11-18;2-1(3,4)5/h5-9,12H,1-4,10-11H2;(H,2,3,4,5)/q+1;/p-1/b15-9-;. The van der Waals surface area contributed by atoms with Crippen LogP contribution in [0.1, 0.15) is 31.2 Å². The Morgan fingerprint density at radius 3 is 1.96 bits per heavy atom. The number of hydrogen-bond acceptors (Lipinski definition) is 4. The van der Waals surface area contributed by atoms with E-state index in [0.29, 0.717) is 5.03 Å². The zero-order chi connectivity index (χ0) is 17.3. The Hall–Kier alpha value is -1.02. The van der Waals surface area contributed by atoms with Crippen molar-refractivity contribution in [3.63, 3.8) is 0 Å². The molecule has 128 valence electrons. The van der Waals surface area contributed by atoms with Crippen molar-refractivity contribution in [3.8, 4) is 0 Å². The van der Waals surface area contributed by atoms with Gasteiger partial charge in [0, 0.05) is 18.9 Å². The van der Waals surface area contributed by atoms with Crippen molar-refractivity contribution >= 4 is 22.8 Å². The first kappa shape index (κ1) is 20.0. The van der Waals surface area contributed by atoms with Crippen LogP contribution in [0.25, 0.3) is 5.03 Å². The van der Waals surface area contributed by atoms with Crippen LogP contribution in [-0.2, 0) is 0 Å². The Labute approximate surface area is 141 Å². The van der Waals surface area contributed by atoms with Gasteiger partial charge in [-0.15, -0.1) is 10.2 Å². The fraction of sp³-hybridized carbons (Fsp3) is 0.400. The van der Waals surface area contributed by atoms with Crippen molar-refractivity contribution in [2.24, 2.45) is 0 Å². The molecule has 23 heavy (non-hydrogen) atoms. The van der Waals surface area contributed by atoms with E-state index < -0.39 is 10.2 Å². The normalized spacial score (nSPS) is 16.3. The second-order valence-electron chi connectivity index (χ2n) is 5.00. The predicted molar refractivity (Wildman–Crippen MR) is 74.8 cm³/mol. The summed E-state index contributed by atoms with van der Waals surface area (Å²) in [5.74, 6) is -0.236. The summed E-state index contributed by atoms with van der Waals surface area (Å²) in [6, 6.07) is 6.25. The monoisotopic (exact) mass is 365 g/mol. The van der Waals surface area contributed by atoms with Gasteiger partial charge in [-0.05, 0) is 30.5 Å². The average molecular weight is 366 g/mol. The highest BCUT2D eigenvalue weighted by Crippen LogP contribution is 2.18. The third-order valence-corrected chi connectivity index (χ3v) is 3.54. The Balaban J connectivity index is 0.000000463. The van der Waals surface area contributed by atoms with Gasteiger partial charge in [0.1, 0.15) is 18.9 Å². The third kappa shape index (κ3) is 10.4. The lowest BCUT2D eigenvalue weighted by molar-refractivity contribution is -2.00. The van der Waals surface area contributed by atoms with Crippen LogP contribution in [0.4, 0.5) is 4.39 Å². The predicted octanol–water partition coefficient (Wildman–Crippen LogP) is -0.693. The zero-order valence-electron chi connectivity index (χ0n) is 12.4. The molecule has 1 fully saturated rings. The van der Waals surface area contributed by atoms with Crippen molar-refractivity contribution < 1.29 is 37.8 Å². The van der Waals surface area contributed by atoms with Gasteiger partial charge in [0.15, 0.2) is 6.21 Å². The first-order valence-electron chi connectivity index (χ1n) is 7.08. The summed E-state index contributed by atoms with van der Waals surface area (Å²) in [6.45, 7) is 2.20. The van der Waals surface area contributed by atoms with Gasteiger partial charge in [-0.3, -0.25) is 0 Å². The summed E-state index contributed by atoms with van der Waals surface area (Å²) in [5.41, 5.74) is 0.851. The fourth-order valence-electron chi connectivity index (χ4n) is 2.12. The fourth-order valence-corrected chi connectivity index (χ4v) is 2.30. The third-order valence-electron chi connectivity index (χ3n) is 3.19. The van der Waals surface area contributed by atoms with E-state index in [1.807, 2.05) is 6.08 Å². The van der Waals surface area contributed by atoms with E-state index in [4.69, 9.17) is 30.2 Å². The highest BCUT2D eigenvalue weighted by atomic mass is 35.7. The van der Waals surface area contributed by atoms with Crippen molar-refractivity contribution in [1.29, 1.82) is 0 Å². The van der Waals surface area contributed by atoms with Gasteiger partial charge in [-0.1, -0.05) is 23.7 Å². The molecule has 0 unspecified atom stereocenters. The number of halogens is 3. The maximum Gasteiger partial charge on any atom is 0.164 e. The summed E-state index contributed by atoms with van der Waals surface area (Å²) >= 11 is 6.20. The molecule has 0 radical (unpaired) electrons. The van der Waals surface area contributed by atoms with Crippen LogP contribution in [0.3, 0.4) is 0 Å². The smallest absolute Gasteiger partial charge is 0.164 e. The molecule has 5 nitrogen and oxygen atoms in total. The molecule has 1 aliphatic heterocycles. The molecule has 1 aromatic carbocycles. The first-order chi connectivity index (χ1) is 10.8. The second-order valence-corrected chi connectivity index (χ2v) is 6.16. The minimum atomic E-state index is -4.94. The van der Waals surface area contributed by atoms with E-state index in [0.717, 1.165) is 18.7 Å². The van der Waals surface area contributed by atoms with Crippen molar-refractivity contribution in [2.75, 3.05) is 13.1 Å². The number of allylic oxidation sites excluding steroid dienone is 1. The first-order valence-corrected chi connectivity index (χ1v) is 8.69. The molecular weight excluding hydrogens is 348 g/mol. The lowest BCUT2D eigenvalue weighted by Crippen LogP contribution is -2.68. The molecule has 1 saturated heterocycles. The lowest BCUT2D eigenvalue weighted by Gasteiger charge is -2.17. The minimum absolute atomic E-state index is 0.236. The van der Waals surface area contributed by atoms with Gasteiger partial charge in [0.25, 0.3) is 0 Å². The van der Waals surface area contributed by atoms with Crippen LogP contribution in [0.2, 0.25) is 0 Å². The van der Waals surface area contributed by atoms with Gasteiger partial charge in [0.2, 0.25) is 0 Å². The Bertz CT molecular complexity index is 525. The van der Waals surface area contributed by atoms with Gasteiger partial charge >= 0.3 is 0 Å².